The number of halogens is 1. The zero-order valence-electron chi connectivity index (χ0n) is 17.3. The van der Waals surface area contributed by atoms with Crippen molar-refractivity contribution in [3.8, 4) is 11.5 Å². The topological polar surface area (TPSA) is 86.9 Å². The molecule has 1 N–H and O–H groups in total. The molecule has 1 unspecified atom stereocenters. The number of hydrogen-bond acceptors (Lipinski definition) is 5. The number of rotatable bonds is 4. The van der Waals surface area contributed by atoms with Crippen LogP contribution in [0.1, 0.15) is 23.2 Å². The first-order valence-corrected chi connectivity index (χ1v) is 10.5. The predicted molar refractivity (Wildman–Crippen MR) is 115 cm³/mol. The zero-order chi connectivity index (χ0) is 22.5. The Morgan fingerprint density at radius 1 is 1.19 bits per heavy atom. The summed E-state index contributed by atoms with van der Waals surface area (Å²) >= 11 is 0. The smallest absolute Gasteiger partial charge is 0.255 e. The largest absolute Gasteiger partial charge is 0.436 e. The molecule has 164 valence electrons. The normalized spacial score (nSPS) is 19.8. The fourth-order valence-corrected chi connectivity index (χ4v) is 4.01. The molecule has 1 saturated carbocycles. The van der Waals surface area contributed by atoms with E-state index in [-0.39, 0.29) is 17.9 Å². The van der Waals surface area contributed by atoms with Crippen LogP contribution in [0.3, 0.4) is 0 Å². The van der Waals surface area contributed by atoms with Crippen molar-refractivity contribution < 1.29 is 23.5 Å². The van der Waals surface area contributed by atoms with Gasteiger partial charge in [0, 0.05) is 36.8 Å². The lowest BCUT2D eigenvalue weighted by Crippen LogP contribution is -2.58. The maximum absolute atomic E-state index is 13.4. The Hall–Kier alpha value is -3.52. The maximum Gasteiger partial charge on any atom is 0.255 e. The van der Waals surface area contributed by atoms with Gasteiger partial charge in [0.25, 0.3) is 11.8 Å². The Balaban J connectivity index is 1.30. The van der Waals surface area contributed by atoms with Crippen molar-refractivity contribution >= 4 is 22.9 Å². The van der Waals surface area contributed by atoms with Gasteiger partial charge in [0.15, 0.2) is 5.58 Å². The lowest BCUT2D eigenvalue weighted by Gasteiger charge is -2.41. The van der Waals surface area contributed by atoms with E-state index in [1.165, 1.54) is 12.1 Å². The fourth-order valence-electron chi connectivity index (χ4n) is 4.01. The number of carbonyl (C=O) groups excluding carboxylic acids is 2. The lowest BCUT2D eigenvalue weighted by molar-refractivity contribution is -0.145. The highest BCUT2D eigenvalue weighted by Crippen LogP contribution is 2.38. The molecule has 2 aliphatic rings. The first-order chi connectivity index (χ1) is 15.4. The van der Waals surface area contributed by atoms with Crippen molar-refractivity contribution in [3.05, 3.63) is 66.5 Å². The molecule has 2 aromatic carbocycles. The Kier molecular flexibility index (Phi) is 4.82. The van der Waals surface area contributed by atoms with E-state index < -0.39 is 11.4 Å². The predicted octanol–water partition coefficient (Wildman–Crippen LogP) is 3.00. The van der Waals surface area contributed by atoms with E-state index in [4.69, 9.17) is 4.42 Å². The second-order valence-electron chi connectivity index (χ2n) is 8.29. The quantitative estimate of drug-likeness (QED) is 0.637. The standard InChI is InChI=1S/C24H22FN3O4/c1-2-18-14-27(11-12-28(18)23(30)24(31)9-10-24)22(29)16-5-3-15(4-6-16)21-26-19-8-7-17(25)13-20(19)32-21/h2-8,13,18,31H,1,9-12,14H2. The van der Waals surface area contributed by atoms with Crippen LogP contribution >= 0.6 is 0 Å². The van der Waals surface area contributed by atoms with Gasteiger partial charge in [0.1, 0.15) is 16.9 Å². The molecule has 8 heteroatoms. The van der Waals surface area contributed by atoms with E-state index in [1.807, 2.05) is 0 Å². The third-order valence-corrected chi connectivity index (χ3v) is 6.09. The molecule has 2 fully saturated rings. The van der Waals surface area contributed by atoms with Crippen LogP contribution in [0.25, 0.3) is 22.6 Å². The van der Waals surface area contributed by atoms with Crippen LogP contribution in [-0.2, 0) is 4.79 Å². The molecular formula is C24H22FN3O4. The third kappa shape index (κ3) is 3.56. The molecule has 5 rings (SSSR count). The molecule has 0 bridgehead atoms. The first kappa shape index (κ1) is 20.4. The van der Waals surface area contributed by atoms with Crippen LogP contribution < -0.4 is 0 Å². The molecule has 3 aromatic rings. The summed E-state index contributed by atoms with van der Waals surface area (Å²) in [6.07, 6.45) is 2.61. The van der Waals surface area contributed by atoms with E-state index in [9.17, 15) is 19.1 Å². The molecule has 7 nitrogen and oxygen atoms in total. The zero-order valence-corrected chi connectivity index (χ0v) is 17.3. The Morgan fingerprint density at radius 2 is 1.94 bits per heavy atom. The Morgan fingerprint density at radius 3 is 2.62 bits per heavy atom. The van der Waals surface area contributed by atoms with Gasteiger partial charge in [0.05, 0.1) is 6.04 Å². The molecule has 32 heavy (non-hydrogen) atoms. The van der Waals surface area contributed by atoms with Crippen molar-refractivity contribution in [2.75, 3.05) is 19.6 Å². The number of nitrogens with zero attached hydrogens (tertiary/aromatic N) is 3. The van der Waals surface area contributed by atoms with Gasteiger partial charge in [-0.25, -0.2) is 9.37 Å². The summed E-state index contributed by atoms with van der Waals surface area (Å²) in [5.41, 5.74) is 0.855. The van der Waals surface area contributed by atoms with Crippen LogP contribution in [-0.4, -0.2) is 63.0 Å². The number of aliphatic hydroxyl groups is 1. The number of oxazole rings is 1. The summed E-state index contributed by atoms with van der Waals surface area (Å²) in [6, 6.07) is 10.7. The van der Waals surface area contributed by atoms with Crippen molar-refractivity contribution in [1.82, 2.24) is 14.8 Å². The van der Waals surface area contributed by atoms with Gasteiger partial charge in [-0.2, -0.15) is 0 Å². The minimum absolute atomic E-state index is 0.153. The fraction of sp³-hybridized carbons (Fsp3) is 0.292. The minimum Gasteiger partial charge on any atom is -0.436 e. The van der Waals surface area contributed by atoms with Crippen molar-refractivity contribution in [2.45, 2.75) is 24.5 Å². The first-order valence-electron chi connectivity index (χ1n) is 10.5. The molecule has 2 amide bonds. The molecule has 0 radical (unpaired) electrons. The molecular weight excluding hydrogens is 413 g/mol. The van der Waals surface area contributed by atoms with Crippen molar-refractivity contribution in [3.63, 3.8) is 0 Å². The Labute approximate surface area is 183 Å². The van der Waals surface area contributed by atoms with E-state index >= 15 is 0 Å². The highest BCUT2D eigenvalue weighted by molar-refractivity contribution is 5.95. The lowest BCUT2D eigenvalue weighted by atomic mass is 10.1. The van der Waals surface area contributed by atoms with Gasteiger partial charge in [-0.15, -0.1) is 6.58 Å². The monoisotopic (exact) mass is 435 g/mol. The van der Waals surface area contributed by atoms with Crippen LogP contribution in [0, 0.1) is 5.82 Å². The van der Waals surface area contributed by atoms with E-state index in [0.717, 1.165) is 0 Å². The maximum atomic E-state index is 13.4. The Bertz CT molecular complexity index is 1220. The molecule has 1 aliphatic carbocycles. The summed E-state index contributed by atoms with van der Waals surface area (Å²) in [5.74, 6) is -0.481. The van der Waals surface area contributed by atoms with Gasteiger partial charge in [0.2, 0.25) is 5.89 Å². The van der Waals surface area contributed by atoms with E-state index in [2.05, 4.69) is 11.6 Å². The van der Waals surface area contributed by atoms with Gasteiger partial charge < -0.3 is 19.3 Å². The molecule has 2 heterocycles. The SMILES string of the molecule is C=CC1CN(C(=O)c2ccc(-c3nc4ccc(F)cc4o3)cc2)CCN1C(=O)C1(O)CC1. The number of piperazine rings is 1. The van der Waals surface area contributed by atoms with E-state index in [0.29, 0.717) is 60.6 Å². The highest BCUT2D eigenvalue weighted by Gasteiger charge is 2.51. The second kappa shape index (κ2) is 7.56. The van der Waals surface area contributed by atoms with Crippen LogP contribution in [0.15, 0.2) is 59.5 Å². The molecule has 1 atom stereocenters. The highest BCUT2D eigenvalue weighted by atomic mass is 19.1. The van der Waals surface area contributed by atoms with Crippen LogP contribution in [0.2, 0.25) is 0 Å². The summed E-state index contributed by atoms with van der Waals surface area (Å²) in [7, 11) is 0. The van der Waals surface area contributed by atoms with Crippen molar-refractivity contribution in [2.24, 2.45) is 0 Å². The summed E-state index contributed by atoms with van der Waals surface area (Å²) < 4.78 is 19.0. The molecule has 1 aromatic heterocycles. The number of hydrogen-bond donors (Lipinski definition) is 1. The van der Waals surface area contributed by atoms with E-state index in [1.54, 1.807) is 46.2 Å². The number of fused-ring (bicyclic) bond motifs is 1. The number of carbonyl (C=O) groups is 2. The minimum atomic E-state index is -1.24. The average Bonchev–Trinajstić information content (AvgIpc) is 3.43. The summed E-state index contributed by atoms with van der Waals surface area (Å²) in [4.78, 5) is 33.2. The summed E-state index contributed by atoms with van der Waals surface area (Å²) in [5, 5.41) is 10.2. The average molecular weight is 435 g/mol. The second-order valence-corrected chi connectivity index (χ2v) is 8.29. The van der Waals surface area contributed by atoms with Gasteiger partial charge >= 0.3 is 0 Å². The molecule has 1 saturated heterocycles. The molecule has 1 aliphatic heterocycles. The number of aromatic nitrogens is 1. The number of benzene rings is 2. The van der Waals surface area contributed by atoms with Crippen molar-refractivity contribution in [1.29, 1.82) is 0 Å². The summed E-state index contributed by atoms with van der Waals surface area (Å²) in [6.45, 7) is 4.85. The van der Waals surface area contributed by atoms with Crippen LogP contribution in [0.4, 0.5) is 4.39 Å². The van der Waals surface area contributed by atoms with Gasteiger partial charge in [-0.3, -0.25) is 9.59 Å². The third-order valence-electron chi connectivity index (χ3n) is 6.09. The van der Waals surface area contributed by atoms with Gasteiger partial charge in [-0.1, -0.05) is 6.08 Å². The number of amides is 2. The molecule has 0 spiro atoms. The van der Waals surface area contributed by atoms with Crippen LogP contribution in [0.5, 0.6) is 0 Å². The van der Waals surface area contributed by atoms with Gasteiger partial charge in [-0.05, 0) is 49.2 Å².